The molecule has 0 amide bonds. The minimum Gasteiger partial charge on any atom is -0.481 e. The molecule has 8 nitrogen and oxygen atoms in total. The van der Waals surface area contributed by atoms with Gasteiger partial charge in [-0.1, -0.05) is 123 Å². The molecule has 0 rings (SSSR count). The molecule has 0 aliphatic heterocycles. The highest BCUT2D eigenvalue weighted by Gasteiger charge is 2.54. The molecule has 0 heterocycles. The van der Waals surface area contributed by atoms with Crippen LogP contribution in [0.5, 0.6) is 0 Å². The topological polar surface area (TPSA) is 138 Å². The Bertz CT molecular complexity index is 648. The molecule has 0 fully saturated rings. The Morgan fingerprint density at radius 3 is 1.41 bits per heavy atom. The third-order valence-corrected chi connectivity index (χ3v) is 7.01. The molecule has 0 aromatic rings. The third-order valence-electron chi connectivity index (χ3n) is 7.01. The summed E-state index contributed by atoms with van der Waals surface area (Å²) in [5.41, 5.74) is -2.62. The van der Waals surface area contributed by atoms with Gasteiger partial charge in [-0.2, -0.15) is 0 Å². The maximum Gasteiger partial charge on any atom is 0.349 e. The predicted octanol–water partition coefficient (Wildman–Crippen LogP) is 7.37. The maximum atomic E-state index is 12.4. The van der Waals surface area contributed by atoms with E-state index in [1.165, 1.54) is 51.4 Å². The highest BCUT2D eigenvalue weighted by molar-refractivity contribution is 5.92. The first-order valence-corrected chi connectivity index (χ1v) is 14.6. The normalized spacial score (nSPS) is 13.6. The van der Waals surface area contributed by atoms with E-state index in [-0.39, 0.29) is 12.8 Å². The second-order valence-corrected chi connectivity index (χ2v) is 10.3. The minimum absolute atomic E-state index is 0.0591. The molecule has 0 aromatic carbocycles. The molecule has 3 N–H and O–H groups in total. The standard InChI is InChI=1S/C29H52O8/c1-3-5-7-9-10-11-12-13-14-15-16-18-19-21-24(27(33)34)29(28(35)36,23-25(30)31)37-26(32)22-20-17-8-6-4-2/h24H,3-23H2,1-2H3,(H,30,31)(H,33,34)(H,35,36). The summed E-state index contributed by atoms with van der Waals surface area (Å²) in [6.45, 7) is 4.27. The Labute approximate surface area is 223 Å². The number of carboxylic acids is 3. The lowest BCUT2D eigenvalue weighted by Crippen LogP contribution is -2.54. The summed E-state index contributed by atoms with van der Waals surface area (Å²) in [4.78, 5) is 48.2. The summed E-state index contributed by atoms with van der Waals surface area (Å²) < 4.78 is 5.20. The lowest BCUT2D eigenvalue weighted by Gasteiger charge is -2.33. The maximum absolute atomic E-state index is 12.4. The van der Waals surface area contributed by atoms with Crippen molar-refractivity contribution >= 4 is 23.9 Å². The van der Waals surface area contributed by atoms with E-state index in [9.17, 15) is 34.5 Å². The molecule has 0 spiro atoms. The molecule has 0 saturated carbocycles. The van der Waals surface area contributed by atoms with E-state index >= 15 is 0 Å². The number of carboxylic acid groups (broad SMARTS) is 3. The average Bonchev–Trinajstić information content (AvgIpc) is 2.83. The van der Waals surface area contributed by atoms with Crippen molar-refractivity contribution in [3.05, 3.63) is 0 Å². The van der Waals surface area contributed by atoms with Gasteiger partial charge >= 0.3 is 23.9 Å². The van der Waals surface area contributed by atoms with Crippen LogP contribution in [0.1, 0.15) is 149 Å². The lowest BCUT2D eigenvalue weighted by atomic mass is 9.80. The number of aliphatic carboxylic acids is 3. The van der Waals surface area contributed by atoms with Gasteiger partial charge in [0.1, 0.15) is 5.92 Å². The van der Waals surface area contributed by atoms with Gasteiger partial charge in [-0.3, -0.25) is 14.4 Å². The number of hydrogen-bond acceptors (Lipinski definition) is 5. The molecular weight excluding hydrogens is 476 g/mol. The van der Waals surface area contributed by atoms with Crippen LogP contribution in [-0.2, 0) is 23.9 Å². The van der Waals surface area contributed by atoms with Gasteiger partial charge < -0.3 is 20.1 Å². The molecule has 37 heavy (non-hydrogen) atoms. The van der Waals surface area contributed by atoms with E-state index in [4.69, 9.17) is 4.74 Å². The van der Waals surface area contributed by atoms with Crippen molar-refractivity contribution in [1.29, 1.82) is 0 Å². The van der Waals surface area contributed by atoms with Crippen LogP contribution in [0, 0.1) is 5.92 Å². The highest BCUT2D eigenvalue weighted by atomic mass is 16.6. The lowest BCUT2D eigenvalue weighted by molar-refractivity contribution is -0.195. The summed E-state index contributed by atoms with van der Waals surface area (Å²) in [5, 5.41) is 29.0. The summed E-state index contributed by atoms with van der Waals surface area (Å²) in [5.74, 6) is -7.20. The van der Waals surface area contributed by atoms with Crippen molar-refractivity contribution < 1.29 is 39.2 Å². The van der Waals surface area contributed by atoms with Gasteiger partial charge in [0.15, 0.2) is 0 Å². The van der Waals surface area contributed by atoms with E-state index in [0.717, 1.165) is 51.4 Å². The fraction of sp³-hybridized carbons (Fsp3) is 0.862. The van der Waals surface area contributed by atoms with Crippen LogP contribution in [0.3, 0.4) is 0 Å². The van der Waals surface area contributed by atoms with Crippen molar-refractivity contribution in [1.82, 2.24) is 0 Å². The summed E-state index contributed by atoms with van der Waals surface area (Å²) >= 11 is 0. The third kappa shape index (κ3) is 16.4. The van der Waals surface area contributed by atoms with Gasteiger partial charge in [-0.25, -0.2) is 4.79 Å². The largest absolute Gasteiger partial charge is 0.481 e. The van der Waals surface area contributed by atoms with Crippen molar-refractivity contribution in [3.8, 4) is 0 Å². The summed E-state index contributed by atoms with van der Waals surface area (Å²) in [7, 11) is 0. The summed E-state index contributed by atoms with van der Waals surface area (Å²) in [6.07, 6.45) is 17.4. The van der Waals surface area contributed by atoms with Crippen molar-refractivity contribution in [2.75, 3.05) is 0 Å². The van der Waals surface area contributed by atoms with Crippen LogP contribution in [0.25, 0.3) is 0 Å². The first kappa shape index (κ1) is 34.9. The molecule has 0 aliphatic carbocycles. The monoisotopic (exact) mass is 528 g/mol. The predicted molar refractivity (Wildman–Crippen MR) is 144 cm³/mol. The second-order valence-electron chi connectivity index (χ2n) is 10.3. The van der Waals surface area contributed by atoms with Gasteiger partial charge in [0.25, 0.3) is 0 Å². The van der Waals surface area contributed by atoms with Crippen LogP contribution in [-0.4, -0.2) is 44.8 Å². The Kier molecular flexibility index (Phi) is 20.7. The molecular formula is C29H52O8. The van der Waals surface area contributed by atoms with Crippen molar-refractivity contribution in [2.45, 2.75) is 154 Å². The van der Waals surface area contributed by atoms with E-state index < -0.39 is 41.8 Å². The van der Waals surface area contributed by atoms with Gasteiger partial charge in [-0.15, -0.1) is 0 Å². The zero-order valence-corrected chi connectivity index (χ0v) is 23.3. The molecule has 0 radical (unpaired) electrons. The molecule has 0 aromatic heterocycles. The molecule has 0 aliphatic rings. The number of hydrogen-bond donors (Lipinski definition) is 3. The number of rotatable bonds is 26. The number of carbonyl (C=O) groups excluding carboxylic acids is 1. The average molecular weight is 529 g/mol. The molecule has 0 saturated heterocycles. The number of carbonyl (C=O) groups is 4. The van der Waals surface area contributed by atoms with Crippen LogP contribution < -0.4 is 0 Å². The number of unbranched alkanes of at least 4 members (excludes halogenated alkanes) is 16. The minimum atomic E-state index is -2.62. The fourth-order valence-electron chi connectivity index (χ4n) is 4.77. The van der Waals surface area contributed by atoms with Crippen molar-refractivity contribution in [2.24, 2.45) is 5.92 Å². The van der Waals surface area contributed by atoms with E-state index in [1.807, 2.05) is 0 Å². The first-order chi connectivity index (χ1) is 17.7. The van der Waals surface area contributed by atoms with Gasteiger partial charge in [0.05, 0.1) is 6.42 Å². The van der Waals surface area contributed by atoms with Crippen LogP contribution in [0.4, 0.5) is 0 Å². The summed E-state index contributed by atoms with van der Waals surface area (Å²) in [6, 6.07) is 0. The van der Waals surface area contributed by atoms with Gasteiger partial charge in [0.2, 0.25) is 5.60 Å². The van der Waals surface area contributed by atoms with E-state index in [2.05, 4.69) is 13.8 Å². The smallest absolute Gasteiger partial charge is 0.349 e. The Hall–Kier alpha value is -2.12. The zero-order chi connectivity index (χ0) is 27.9. The zero-order valence-electron chi connectivity index (χ0n) is 23.3. The first-order valence-electron chi connectivity index (χ1n) is 14.6. The number of ether oxygens (including phenoxy) is 1. The Morgan fingerprint density at radius 2 is 1.03 bits per heavy atom. The molecule has 2 atom stereocenters. The molecule has 8 heteroatoms. The molecule has 0 bridgehead atoms. The quantitative estimate of drug-likeness (QED) is 0.0781. The van der Waals surface area contributed by atoms with Crippen molar-refractivity contribution in [3.63, 3.8) is 0 Å². The van der Waals surface area contributed by atoms with E-state index in [0.29, 0.717) is 12.8 Å². The fourth-order valence-corrected chi connectivity index (χ4v) is 4.77. The van der Waals surface area contributed by atoms with Gasteiger partial charge in [0, 0.05) is 6.42 Å². The van der Waals surface area contributed by atoms with Gasteiger partial charge in [-0.05, 0) is 12.8 Å². The Balaban J connectivity index is 4.72. The second kappa shape index (κ2) is 21.9. The highest BCUT2D eigenvalue weighted by Crippen LogP contribution is 2.33. The molecule has 216 valence electrons. The number of esters is 1. The van der Waals surface area contributed by atoms with Crippen LogP contribution in [0.15, 0.2) is 0 Å². The SMILES string of the molecule is CCCCCCCCCCCCCCCC(C(=O)O)C(CC(=O)O)(OC(=O)CCCCCCC)C(=O)O. The van der Waals surface area contributed by atoms with Crippen LogP contribution in [0.2, 0.25) is 0 Å². The molecule has 2 unspecified atom stereocenters. The Morgan fingerprint density at radius 1 is 0.622 bits per heavy atom. The van der Waals surface area contributed by atoms with E-state index in [1.54, 1.807) is 0 Å². The van der Waals surface area contributed by atoms with Crippen LogP contribution >= 0.6 is 0 Å².